The maximum absolute atomic E-state index is 10.8. The fraction of sp³-hybridized carbons (Fsp3) is 0.286. The minimum absolute atomic E-state index is 0.447. The molecule has 0 aliphatic rings. The topological polar surface area (TPSA) is 89.5 Å². The van der Waals surface area contributed by atoms with Crippen molar-refractivity contribution in [3.8, 4) is 0 Å². The average molecular weight is 246 g/mol. The minimum Gasteiger partial charge on any atom is -0.293 e. The number of nitrogens with zero attached hydrogens (tertiary/aromatic N) is 2. The molecule has 0 aromatic carbocycles. The molecular formula is C7H10N4O2S2. The smallest absolute Gasteiger partial charge is 0.275 e. The normalized spacial score (nSPS) is 14.5. The van der Waals surface area contributed by atoms with Gasteiger partial charge in [0.05, 0.1) is 12.2 Å². The zero-order valence-electron chi connectivity index (χ0n) is 7.91. The highest BCUT2D eigenvalue weighted by Gasteiger charge is 2.16. The van der Waals surface area contributed by atoms with Gasteiger partial charge in [-0.25, -0.2) is 10.1 Å². The van der Waals surface area contributed by atoms with Crippen LogP contribution in [0.5, 0.6) is 0 Å². The van der Waals surface area contributed by atoms with Gasteiger partial charge >= 0.3 is 0 Å². The van der Waals surface area contributed by atoms with E-state index in [1.165, 1.54) is 11.3 Å². The maximum atomic E-state index is 10.8. The molecule has 2 aromatic rings. The monoisotopic (exact) mass is 246 g/mol. The first-order chi connectivity index (χ1) is 6.97. The van der Waals surface area contributed by atoms with E-state index in [1.807, 2.05) is 16.0 Å². The molecule has 0 fully saturated rings. The third kappa shape index (κ3) is 2.17. The lowest BCUT2D eigenvalue weighted by atomic mass is 10.3. The van der Waals surface area contributed by atoms with Gasteiger partial charge in [-0.05, 0) is 6.92 Å². The highest BCUT2D eigenvalue weighted by atomic mass is 32.2. The predicted molar refractivity (Wildman–Crippen MR) is 57.7 cm³/mol. The first kappa shape index (κ1) is 10.6. The molecule has 0 radical (unpaired) electrons. The molecule has 2 rings (SSSR count). The Bertz CT molecular complexity index is 571. The van der Waals surface area contributed by atoms with Gasteiger partial charge < -0.3 is 0 Å². The SMILES string of the molecule is CC(NS(N)(=O)=O)c1ncc2sccn12. The number of nitrogens with one attached hydrogen (secondary N) is 1. The van der Waals surface area contributed by atoms with Gasteiger partial charge in [-0.1, -0.05) is 0 Å². The van der Waals surface area contributed by atoms with Crippen LogP contribution >= 0.6 is 11.3 Å². The van der Waals surface area contributed by atoms with Crippen molar-refractivity contribution in [2.75, 3.05) is 0 Å². The number of nitrogens with two attached hydrogens (primary N) is 1. The molecule has 82 valence electrons. The largest absolute Gasteiger partial charge is 0.293 e. The second kappa shape index (κ2) is 3.56. The number of hydrogen-bond donors (Lipinski definition) is 2. The minimum atomic E-state index is -3.70. The summed E-state index contributed by atoms with van der Waals surface area (Å²) in [5, 5.41) is 6.80. The van der Waals surface area contributed by atoms with Gasteiger partial charge in [0.1, 0.15) is 10.7 Å². The Balaban J connectivity index is 2.35. The Morgan fingerprint density at radius 2 is 2.40 bits per heavy atom. The lowest BCUT2D eigenvalue weighted by Gasteiger charge is -2.09. The van der Waals surface area contributed by atoms with E-state index < -0.39 is 16.3 Å². The summed E-state index contributed by atoms with van der Waals surface area (Å²) in [5.74, 6) is 0.625. The molecule has 0 saturated carbocycles. The van der Waals surface area contributed by atoms with Crippen molar-refractivity contribution in [2.24, 2.45) is 5.14 Å². The lowest BCUT2D eigenvalue weighted by Crippen LogP contribution is -2.33. The summed E-state index contributed by atoms with van der Waals surface area (Å²) in [6.45, 7) is 1.69. The molecule has 6 nitrogen and oxygen atoms in total. The highest BCUT2D eigenvalue weighted by Crippen LogP contribution is 2.18. The third-order valence-electron chi connectivity index (χ3n) is 1.92. The second-order valence-electron chi connectivity index (χ2n) is 3.11. The average Bonchev–Trinajstić information content (AvgIpc) is 2.57. The second-order valence-corrected chi connectivity index (χ2v) is 5.36. The fourth-order valence-electron chi connectivity index (χ4n) is 1.38. The van der Waals surface area contributed by atoms with E-state index >= 15 is 0 Å². The van der Waals surface area contributed by atoms with E-state index in [4.69, 9.17) is 5.14 Å². The van der Waals surface area contributed by atoms with Crippen molar-refractivity contribution in [1.82, 2.24) is 14.1 Å². The van der Waals surface area contributed by atoms with Crippen LogP contribution in [0.15, 0.2) is 17.8 Å². The van der Waals surface area contributed by atoms with Gasteiger partial charge in [-0.2, -0.15) is 13.1 Å². The number of fused-ring (bicyclic) bond motifs is 1. The summed E-state index contributed by atoms with van der Waals surface area (Å²) in [6, 6.07) is -0.447. The Labute approximate surface area is 90.9 Å². The molecule has 0 bridgehead atoms. The third-order valence-corrected chi connectivity index (χ3v) is 3.40. The standard InChI is InChI=1S/C7H10N4O2S2/c1-5(10-15(8,12)13)7-9-4-6-11(7)2-3-14-6/h2-5,10H,1H3,(H2,8,12,13). The summed E-state index contributed by atoms with van der Waals surface area (Å²) in [6.07, 6.45) is 3.53. The number of hydrogen-bond acceptors (Lipinski definition) is 4. The summed E-state index contributed by atoms with van der Waals surface area (Å²) in [4.78, 5) is 5.10. The van der Waals surface area contributed by atoms with Gasteiger partial charge in [-0.15, -0.1) is 11.3 Å². The van der Waals surface area contributed by atoms with E-state index in [0.29, 0.717) is 5.82 Å². The van der Waals surface area contributed by atoms with Gasteiger partial charge in [0.15, 0.2) is 0 Å². The molecule has 0 spiro atoms. The lowest BCUT2D eigenvalue weighted by molar-refractivity contribution is 0.561. The van der Waals surface area contributed by atoms with E-state index in [1.54, 1.807) is 13.1 Å². The zero-order valence-corrected chi connectivity index (χ0v) is 9.55. The van der Waals surface area contributed by atoms with Crippen molar-refractivity contribution in [3.05, 3.63) is 23.6 Å². The first-order valence-corrected chi connectivity index (χ1v) is 6.60. The molecule has 2 aromatic heterocycles. The highest BCUT2D eigenvalue weighted by molar-refractivity contribution is 7.87. The van der Waals surface area contributed by atoms with Crippen LogP contribution in [-0.2, 0) is 10.2 Å². The zero-order chi connectivity index (χ0) is 11.1. The predicted octanol–water partition coefficient (Wildman–Crippen LogP) is 0.250. The maximum Gasteiger partial charge on any atom is 0.275 e. The van der Waals surface area contributed by atoms with Crippen LogP contribution in [0.3, 0.4) is 0 Å². The number of aromatic nitrogens is 2. The van der Waals surface area contributed by atoms with Crippen molar-refractivity contribution in [3.63, 3.8) is 0 Å². The molecule has 0 amide bonds. The Morgan fingerprint density at radius 1 is 1.67 bits per heavy atom. The van der Waals surface area contributed by atoms with Crippen LogP contribution in [0.2, 0.25) is 0 Å². The van der Waals surface area contributed by atoms with Gasteiger partial charge in [0.25, 0.3) is 10.2 Å². The molecule has 0 aliphatic carbocycles. The van der Waals surface area contributed by atoms with Crippen molar-refractivity contribution < 1.29 is 8.42 Å². The van der Waals surface area contributed by atoms with Crippen LogP contribution in [0.1, 0.15) is 18.8 Å². The molecule has 8 heteroatoms. The molecule has 0 aliphatic heterocycles. The Kier molecular flexibility index (Phi) is 2.51. The Hall–Kier alpha value is -0.960. The van der Waals surface area contributed by atoms with E-state index in [2.05, 4.69) is 9.71 Å². The van der Waals surface area contributed by atoms with Crippen molar-refractivity contribution in [2.45, 2.75) is 13.0 Å². The van der Waals surface area contributed by atoms with Crippen LogP contribution in [-0.4, -0.2) is 17.8 Å². The summed E-state index contributed by atoms with van der Waals surface area (Å²) < 4.78 is 25.8. The number of imidazole rings is 1. The molecule has 1 atom stereocenters. The van der Waals surface area contributed by atoms with Gasteiger partial charge in [0.2, 0.25) is 0 Å². The molecule has 3 N–H and O–H groups in total. The molecular weight excluding hydrogens is 236 g/mol. The molecule has 2 heterocycles. The molecule has 0 saturated heterocycles. The number of rotatable bonds is 3. The Morgan fingerprint density at radius 3 is 3.07 bits per heavy atom. The summed E-state index contributed by atoms with van der Waals surface area (Å²) in [5.41, 5.74) is 0. The first-order valence-electron chi connectivity index (χ1n) is 4.18. The van der Waals surface area contributed by atoms with Crippen LogP contribution in [0.4, 0.5) is 0 Å². The molecule has 1 unspecified atom stereocenters. The summed E-state index contributed by atoms with van der Waals surface area (Å²) >= 11 is 1.54. The van der Waals surface area contributed by atoms with Crippen molar-refractivity contribution >= 4 is 26.4 Å². The van der Waals surface area contributed by atoms with E-state index in [9.17, 15) is 8.42 Å². The van der Waals surface area contributed by atoms with Crippen LogP contribution in [0, 0.1) is 0 Å². The summed E-state index contributed by atoms with van der Waals surface area (Å²) in [7, 11) is -3.70. The number of thiazole rings is 1. The quantitative estimate of drug-likeness (QED) is 0.813. The van der Waals surface area contributed by atoms with Crippen LogP contribution < -0.4 is 9.86 Å². The van der Waals surface area contributed by atoms with E-state index in [0.717, 1.165) is 4.83 Å². The van der Waals surface area contributed by atoms with Crippen molar-refractivity contribution in [1.29, 1.82) is 0 Å². The van der Waals surface area contributed by atoms with Gasteiger partial charge in [-0.3, -0.25) is 4.40 Å². The fourth-order valence-corrected chi connectivity index (χ4v) is 2.68. The van der Waals surface area contributed by atoms with Crippen LogP contribution in [0.25, 0.3) is 4.83 Å². The van der Waals surface area contributed by atoms with E-state index in [-0.39, 0.29) is 0 Å². The van der Waals surface area contributed by atoms with Gasteiger partial charge in [0, 0.05) is 11.6 Å². The molecule has 15 heavy (non-hydrogen) atoms.